The van der Waals surface area contributed by atoms with Gasteiger partial charge in [0.05, 0.1) is 44.9 Å². The molecule has 0 aliphatic carbocycles. The van der Waals surface area contributed by atoms with E-state index in [-0.39, 0.29) is 73.5 Å². The van der Waals surface area contributed by atoms with E-state index in [0.29, 0.717) is 50.1 Å². The zero-order valence-electron chi connectivity index (χ0n) is 48.4. The second-order valence-corrected chi connectivity index (χ2v) is 21.4. The Balaban J connectivity index is 0.00000105. The van der Waals surface area contributed by atoms with Crippen LogP contribution in [0.2, 0.25) is 0 Å². The molecule has 22 nitrogen and oxygen atoms in total. The van der Waals surface area contributed by atoms with Gasteiger partial charge in [-0.05, 0) is 135 Å². The molecule has 0 aromatic heterocycles. The van der Waals surface area contributed by atoms with Crippen LogP contribution in [0, 0.1) is 0 Å². The van der Waals surface area contributed by atoms with Crippen LogP contribution in [0.5, 0.6) is 0 Å². The number of carbonyl (C=O) groups excluding carboxylic acids is 5. The number of nitrogen functional groups attached to an aromatic ring is 3. The highest BCUT2D eigenvalue weighted by atomic mass is 79.9. The minimum atomic E-state index is -1.23. The molecule has 470 valence electrons. The van der Waals surface area contributed by atoms with Crippen molar-refractivity contribution >= 4 is 100 Å². The molecule has 0 heterocycles. The Kier molecular flexibility index (Phi) is 39.5. The van der Waals surface area contributed by atoms with E-state index in [4.69, 9.17) is 58.7 Å². The van der Waals surface area contributed by atoms with Crippen molar-refractivity contribution in [2.24, 2.45) is 5.73 Å². The Morgan fingerprint density at radius 3 is 0.907 bits per heavy atom. The van der Waals surface area contributed by atoms with Gasteiger partial charge in [-0.25, -0.2) is 0 Å². The van der Waals surface area contributed by atoms with Crippen LogP contribution in [0.3, 0.4) is 0 Å². The highest BCUT2D eigenvalue weighted by Crippen LogP contribution is 2.25. The van der Waals surface area contributed by atoms with Crippen molar-refractivity contribution in [1.29, 1.82) is 0 Å². The van der Waals surface area contributed by atoms with Gasteiger partial charge in [-0.15, -0.1) is 0 Å². The smallest absolute Gasteiger partial charge is 0.307 e. The summed E-state index contributed by atoms with van der Waals surface area (Å²) in [7, 11) is 0. The molecule has 0 unspecified atom stereocenters. The number of nitrogens with two attached hydrogens (primary N) is 5. The Morgan fingerprint density at radius 1 is 0.477 bits per heavy atom. The fraction of sp³-hybridized carbons (Fsp3) is 0.311. The highest BCUT2D eigenvalue weighted by Gasteiger charge is 2.26. The Labute approximate surface area is 525 Å². The number of benzene rings is 6. The van der Waals surface area contributed by atoms with Crippen LogP contribution in [0.1, 0.15) is 92.1 Å². The molecule has 86 heavy (non-hydrogen) atoms. The van der Waals surface area contributed by atoms with Crippen molar-refractivity contribution in [3.63, 3.8) is 0 Å². The van der Waals surface area contributed by atoms with E-state index in [1.165, 1.54) is 13.1 Å². The number of quaternary nitrogens is 2. The molecule has 6 aromatic carbocycles. The fourth-order valence-electron chi connectivity index (χ4n) is 6.48. The third-order valence-corrected chi connectivity index (χ3v) is 13.3. The van der Waals surface area contributed by atoms with E-state index in [1.807, 2.05) is 0 Å². The molecule has 0 aliphatic heterocycles. The minimum Gasteiger partial charge on any atom is -0.550 e. The van der Waals surface area contributed by atoms with Gasteiger partial charge in [-0.1, -0.05) is 98.0 Å². The van der Waals surface area contributed by atoms with Gasteiger partial charge in [-0.2, -0.15) is 0 Å². The molecular formula is C61H80Br3N7O15. The number of carboxylic acid groups (broad SMARTS) is 3. The number of aliphatic hydroxyl groups excluding tert-OH is 6. The van der Waals surface area contributed by atoms with Gasteiger partial charge in [0.1, 0.15) is 19.8 Å². The Hall–Kier alpha value is -6.82. The molecular weight excluding hydrogens is 1310 g/mol. The third kappa shape index (κ3) is 29.5. The highest BCUT2D eigenvalue weighted by molar-refractivity contribution is 9.11. The lowest BCUT2D eigenvalue weighted by Gasteiger charge is -2.20. The number of ketones is 3. The largest absolute Gasteiger partial charge is 0.550 e. The van der Waals surface area contributed by atoms with Crippen molar-refractivity contribution < 1.29 is 85.8 Å². The monoisotopic (exact) mass is 1390 g/mol. The maximum Gasteiger partial charge on any atom is 0.307 e. The second-order valence-electron chi connectivity index (χ2n) is 18.7. The summed E-state index contributed by atoms with van der Waals surface area (Å²) in [5, 5.41) is 85.7. The van der Waals surface area contributed by atoms with Crippen LogP contribution >= 0.6 is 47.8 Å². The van der Waals surface area contributed by atoms with E-state index in [9.17, 15) is 39.0 Å². The number of para-hydroxylation sites is 3. The number of anilines is 3. The first-order chi connectivity index (χ1) is 40.7. The first-order valence-electron chi connectivity index (χ1n) is 26.6. The lowest BCUT2D eigenvalue weighted by molar-refractivity contribution is -0.648. The first-order valence-corrected chi connectivity index (χ1v) is 29.0. The fourth-order valence-corrected chi connectivity index (χ4v) is 7.27. The van der Waals surface area contributed by atoms with Crippen LogP contribution in [0.15, 0.2) is 141 Å². The molecule has 6 rings (SSSR count). The number of hydrogen-bond donors (Lipinski definition) is 14. The van der Waals surface area contributed by atoms with Crippen molar-refractivity contribution in [1.82, 2.24) is 5.32 Å². The maximum absolute atomic E-state index is 12.4. The quantitative estimate of drug-likeness (QED) is 0.0330. The molecule has 0 atom stereocenters. The summed E-state index contributed by atoms with van der Waals surface area (Å²) in [5.41, 5.74) is 28.2. The molecule has 21 N–H and O–H groups in total. The van der Waals surface area contributed by atoms with Gasteiger partial charge in [0.25, 0.3) is 0 Å². The summed E-state index contributed by atoms with van der Waals surface area (Å²) in [4.78, 5) is 69.2. The van der Waals surface area contributed by atoms with E-state index in [0.717, 1.165) is 26.5 Å². The lowest BCUT2D eigenvalue weighted by Crippen LogP contribution is -2.82. The van der Waals surface area contributed by atoms with Crippen LogP contribution < -0.4 is 49.5 Å². The summed E-state index contributed by atoms with van der Waals surface area (Å²) in [6, 6.07) is 35.1. The minimum absolute atomic E-state index is 0.185. The molecule has 6 aromatic rings. The first kappa shape index (κ1) is 79.2. The van der Waals surface area contributed by atoms with Gasteiger partial charge in [-0.3, -0.25) is 19.2 Å². The lowest BCUT2D eigenvalue weighted by atomic mass is 9.98. The van der Waals surface area contributed by atoms with E-state index in [1.54, 1.807) is 127 Å². The Bertz CT molecular complexity index is 2690. The number of carbonyl (C=O) groups is 6. The van der Waals surface area contributed by atoms with Crippen molar-refractivity contribution in [2.45, 2.75) is 58.0 Å². The zero-order chi connectivity index (χ0) is 65.6. The van der Waals surface area contributed by atoms with Crippen LogP contribution in [-0.2, 0) is 33.6 Å². The molecule has 0 spiro atoms. The number of rotatable bonds is 22. The number of aliphatic carboxylic acids is 3. The molecule has 0 saturated heterocycles. The molecule has 0 saturated carbocycles. The van der Waals surface area contributed by atoms with Crippen LogP contribution in [0.4, 0.5) is 17.1 Å². The summed E-state index contributed by atoms with van der Waals surface area (Å²) in [5.74, 6) is -4.15. The number of aliphatic hydroxyl groups is 6. The van der Waals surface area contributed by atoms with E-state index >= 15 is 0 Å². The molecule has 25 heteroatoms. The van der Waals surface area contributed by atoms with E-state index in [2.05, 4.69) is 91.9 Å². The van der Waals surface area contributed by atoms with Crippen LogP contribution in [-0.4, -0.2) is 148 Å². The van der Waals surface area contributed by atoms with Gasteiger partial charge in [0, 0.05) is 88.6 Å². The number of carboxylic acids is 3. The molecule has 0 bridgehead atoms. The van der Waals surface area contributed by atoms with Gasteiger partial charge < -0.3 is 94.8 Å². The van der Waals surface area contributed by atoms with Gasteiger partial charge in [0.2, 0.25) is 0 Å². The summed E-state index contributed by atoms with van der Waals surface area (Å²) < 4.78 is 2.61. The number of halogens is 3. The predicted molar refractivity (Wildman–Crippen MR) is 336 cm³/mol. The predicted octanol–water partition coefficient (Wildman–Crippen LogP) is 0.809. The summed E-state index contributed by atoms with van der Waals surface area (Å²) in [6.07, 6.45) is -0.826. The summed E-state index contributed by atoms with van der Waals surface area (Å²) >= 11 is 9.89. The number of nitrogens with one attached hydrogen (secondary N) is 1. The third-order valence-electron chi connectivity index (χ3n) is 11.7. The SMILES string of the molecule is CCNCC.CC[NH2+]CC.NC(CO)(CO)CO.Nc1c(CC(=O)O)cccc1C(=O)c1ccc(Br)cc1.Nc1c(CC(=O)[O-])cccc1C(=O)c1ccc(Br)cc1.Nc1c(CC(=O)[O-])cccc1C(=O)c1ccc(Br)cc1.[NH3+]C(CO)(CO)CO. The second kappa shape index (κ2) is 42.9. The summed E-state index contributed by atoms with van der Waals surface area (Å²) in [6.45, 7) is 11.1. The van der Waals surface area contributed by atoms with Crippen molar-refractivity contribution in [3.8, 4) is 0 Å². The number of hydrogen-bond acceptors (Lipinski definition) is 19. The van der Waals surface area contributed by atoms with Crippen molar-refractivity contribution in [3.05, 3.63) is 191 Å². The average molecular weight is 1390 g/mol. The van der Waals surface area contributed by atoms with Gasteiger partial charge in [0.15, 0.2) is 22.9 Å². The molecule has 0 aliphatic rings. The maximum atomic E-state index is 12.4. The molecule has 0 radical (unpaired) electrons. The average Bonchev–Trinajstić information content (AvgIpc) is 2.28. The zero-order valence-corrected chi connectivity index (χ0v) is 53.2. The Morgan fingerprint density at radius 2 is 0.744 bits per heavy atom. The van der Waals surface area contributed by atoms with Crippen LogP contribution in [0.25, 0.3) is 0 Å². The van der Waals surface area contributed by atoms with Gasteiger partial charge >= 0.3 is 5.97 Å². The van der Waals surface area contributed by atoms with Crippen molar-refractivity contribution in [2.75, 3.05) is 83.0 Å². The van der Waals surface area contributed by atoms with E-state index < -0.39 is 48.8 Å². The topological polar surface area (TPSA) is 451 Å². The molecule has 0 amide bonds. The normalized spacial score (nSPS) is 10.4. The molecule has 0 fully saturated rings. The standard InChI is InChI=1S/3C15H12BrNO3.2C4H11NO3.2C4H11N/c3*16-11-6-4-9(5-7-11)15(20)12-3-1-2-10(14(12)17)8-13(18)19;2*5-4(1-6,2-7)3-8;2*1-3-5-4-2/h3*1-7H,8,17H2,(H,18,19);2*6-8H,1-3,5H2;2*5H,3-4H2,1-2H3.